The average molecular weight is 257 g/mol. The van der Waals surface area contributed by atoms with Crippen molar-refractivity contribution in [3.63, 3.8) is 0 Å². The number of benzene rings is 1. The molecule has 2 heterocycles. The van der Waals surface area contributed by atoms with Crippen LogP contribution in [0.2, 0.25) is 4.47 Å². The summed E-state index contributed by atoms with van der Waals surface area (Å²) in [4.78, 5) is 4.24. The molecule has 1 fully saturated rings. The van der Waals surface area contributed by atoms with Crippen LogP contribution in [-0.2, 0) is 0 Å². The molecule has 0 aliphatic carbocycles. The molecule has 1 aromatic carbocycles. The quantitative estimate of drug-likeness (QED) is 0.722. The van der Waals surface area contributed by atoms with Gasteiger partial charge in [0.2, 0.25) is 0 Å². The molecule has 0 spiro atoms. The molecule has 1 saturated heterocycles. The van der Waals surface area contributed by atoms with Crippen LogP contribution in [0.25, 0.3) is 10.2 Å². The van der Waals surface area contributed by atoms with Gasteiger partial charge in [-0.2, -0.15) is 0 Å². The summed E-state index contributed by atoms with van der Waals surface area (Å²) in [5, 5.41) is 0. The van der Waals surface area contributed by atoms with E-state index in [0.717, 1.165) is 12.1 Å². The molecule has 5 heteroatoms. The number of anilines is 1. The molecule has 0 amide bonds. The minimum absolute atomic E-state index is 0.622. The normalized spacial score (nSPS) is 16.5. The summed E-state index contributed by atoms with van der Waals surface area (Å²) in [6, 6.07) is 6.35. The van der Waals surface area contributed by atoms with Crippen LogP contribution in [0, 0.1) is 0 Å². The number of rotatable bonds is 1. The molecule has 1 aliphatic rings. The molecule has 2 aromatic rings. The van der Waals surface area contributed by atoms with Gasteiger partial charge in [-0.25, -0.2) is 4.98 Å². The van der Waals surface area contributed by atoms with Crippen molar-refractivity contribution in [3.05, 3.63) is 22.7 Å². The Bertz CT molecular complexity index is 491. The Morgan fingerprint density at radius 2 is 2.33 bits per heavy atom. The molecular weight excluding hydrogens is 248 g/mol. The van der Waals surface area contributed by atoms with E-state index in [2.05, 4.69) is 21.4 Å². The summed E-state index contributed by atoms with van der Waals surface area (Å²) in [5.41, 5.74) is 2.27. The Kier molecular flexibility index (Phi) is 2.50. The van der Waals surface area contributed by atoms with Gasteiger partial charge in [0, 0.05) is 18.0 Å². The topological polar surface area (TPSA) is 16.1 Å². The molecule has 1 aromatic heterocycles. The number of hydrogen-bond donors (Lipinski definition) is 0. The van der Waals surface area contributed by atoms with Crippen molar-refractivity contribution in [2.24, 2.45) is 0 Å². The molecule has 2 nitrogen and oxygen atoms in total. The number of nitrogens with zero attached hydrogens (tertiary/aromatic N) is 2. The van der Waals surface area contributed by atoms with Crippen LogP contribution in [0.4, 0.5) is 5.69 Å². The summed E-state index contributed by atoms with van der Waals surface area (Å²) >= 11 is 9.32. The predicted molar refractivity (Wildman–Crippen MR) is 69.1 cm³/mol. The van der Waals surface area contributed by atoms with Crippen LogP contribution in [0.5, 0.6) is 0 Å². The second-order valence-electron chi connectivity index (χ2n) is 3.41. The highest BCUT2D eigenvalue weighted by atomic mass is 35.5. The maximum atomic E-state index is 5.88. The fraction of sp³-hybridized carbons (Fsp3) is 0.300. The molecule has 3 rings (SSSR count). The summed E-state index contributed by atoms with van der Waals surface area (Å²) < 4.78 is 4.13. The molecule has 0 atom stereocenters. The van der Waals surface area contributed by atoms with Crippen molar-refractivity contribution in [1.29, 1.82) is 0 Å². The first-order chi connectivity index (χ1) is 7.33. The van der Waals surface area contributed by atoms with E-state index in [1.807, 2.05) is 18.0 Å². The Labute approximate surface area is 101 Å². The van der Waals surface area contributed by atoms with Crippen molar-refractivity contribution in [2.45, 2.75) is 6.42 Å². The van der Waals surface area contributed by atoms with E-state index in [0.29, 0.717) is 4.47 Å². The van der Waals surface area contributed by atoms with E-state index >= 15 is 0 Å². The van der Waals surface area contributed by atoms with Crippen LogP contribution >= 0.6 is 34.9 Å². The van der Waals surface area contributed by atoms with E-state index < -0.39 is 0 Å². The van der Waals surface area contributed by atoms with Crippen molar-refractivity contribution in [3.8, 4) is 0 Å². The largest absolute Gasteiger partial charge is 0.316 e. The lowest BCUT2D eigenvalue weighted by molar-refractivity contribution is 0.990. The predicted octanol–water partition coefficient (Wildman–Crippen LogP) is 3.81. The average Bonchev–Trinajstić information content (AvgIpc) is 2.82. The first kappa shape index (κ1) is 9.75. The lowest BCUT2D eigenvalue weighted by Crippen LogP contribution is -2.08. The van der Waals surface area contributed by atoms with Gasteiger partial charge in [-0.3, -0.25) is 0 Å². The second-order valence-corrected chi connectivity index (χ2v) is 6.13. The van der Waals surface area contributed by atoms with E-state index in [-0.39, 0.29) is 0 Å². The minimum Gasteiger partial charge on any atom is -0.316 e. The van der Waals surface area contributed by atoms with Gasteiger partial charge in [-0.1, -0.05) is 11.6 Å². The van der Waals surface area contributed by atoms with Crippen molar-refractivity contribution in [2.75, 3.05) is 16.6 Å². The molecular formula is C10H9ClN2S2. The van der Waals surface area contributed by atoms with E-state index in [4.69, 9.17) is 11.6 Å². The van der Waals surface area contributed by atoms with Crippen LogP contribution < -0.4 is 4.31 Å². The highest BCUT2D eigenvalue weighted by Gasteiger charge is 2.14. The Hall–Kier alpha value is -0.450. The maximum absolute atomic E-state index is 5.88. The van der Waals surface area contributed by atoms with Gasteiger partial charge in [0.05, 0.1) is 10.2 Å². The number of aromatic nitrogens is 1. The van der Waals surface area contributed by atoms with E-state index in [1.54, 1.807) is 11.3 Å². The van der Waals surface area contributed by atoms with Crippen molar-refractivity contribution < 1.29 is 0 Å². The standard InChI is InChI=1S/C10H9ClN2S2/c11-10-12-8-3-2-7(6-9(8)15-10)13-4-1-5-14-13/h2-3,6H,1,4-5H2. The van der Waals surface area contributed by atoms with Crippen LogP contribution in [-0.4, -0.2) is 17.3 Å². The van der Waals surface area contributed by atoms with Gasteiger partial charge in [0.25, 0.3) is 0 Å². The zero-order valence-electron chi connectivity index (χ0n) is 7.94. The molecule has 0 N–H and O–H groups in total. The fourth-order valence-corrected chi connectivity index (χ4v) is 3.75. The number of halogens is 1. The minimum atomic E-state index is 0.622. The molecule has 0 saturated carbocycles. The first-order valence-corrected chi connectivity index (χ1v) is 6.93. The fourth-order valence-electron chi connectivity index (χ4n) is 1.69. The monoisotopic (exact) mass is 256 g/mol. The SMILES string of the molecule is Clc1nc2ccc(N3CCCS3)cc2s1. The number of hydrogen-bond acceptors (Lipinski definition) is 4. The third-order valence-corrected chi connectivity index (χ3v) is 4.69. The van der Waals surface area contributed by atoms with Crippen molar-refractivity contribution >= 4 is 50.8 Å². The molecule has 1 aliphatic heterocycles. The van der Waals surface area contributed by atoms with Gasteiger partial charge in [0.1, 0.15) is 0 Å². The summed E-state index contributed by atoms with van der Waals surface area (Å²) in [6.07, 6.45) is 1.27. The van der Waals surface area contributed by atoms with Gasteiger partial charge in [0.15, 0.2) is 4.47 Å². The third kappa shape index (κ3) is 1.82. The van der Waals surface area contributed by atoms with Gasteiger partial charge in [-0.05, 0) is 36.6 Å². The van der Waals surface area contributed by atoms with E-state index in [1.165, 1.54) is 22.6 Å². The van der Waals surface area contributed by atoms with E-state index in [9.17, 15) is 0 Å². The molecule has 0 radical (unpaired) electrons. The lowest BCUT2D eigenvalue weighted by atomic mass is 10.3. The molecule has 78 valence electrons. The Balaban J connectivity index is 2.04. The molecule has 0 bridgehead atoms. The summed E-state index contributed by atoms with van der Waals surface area (Å²) in [6.45, 7) is 1.14. The number of fused-ring (bicyclic) bond motifs is 1. The van der Waals surface area contributed by atoms with Gasteiger partial charge >= 0.3 is 0 Å². The maximum Gasteiger partial charge on any atom is 0.184 e. The van der Waals surface area contributed by atoms with Crippen LogP contribution in [0.1, 0.15) is 6.42 Å². The third-order valence-electron chi connectivity index (χ3n) is 2.39. The Morgan fingerprint density at radius 1 is 1.40 bits per heavy atom. The van der Waals surface area contributed by atoms with Gasteiger partial charge in [-0.15, -0.1) is 11.3 Å². The zero-order valence-corrected chi connectivity index (χ0v) is 10.3. The Morgan fingerprint density at radius 3 is 3.13 bits per heavy atom. The second kappa shape index (κ2) is 3.85. The molecule has 15 heavy (non-hydrogen) atoms. The zero-order chi connectivity index (χ0) is 10.3. The summed E-state index contributed by atoms with van der Waals surface area (Å²) in [7, 11) is 0. The van der Waals surface area contributed by atoms with Crippen molar-refractivity contribution in [1.82, 2.24) is 4.98 Å². The smallest absolute Gasteiger partial charge is 0.184 e. The number of thiazole rings is 1. The van der Waals surface area contributed by atoms with Gasteiger partial charge < -0.3 is 4.31 Å². The lowest BCUT2D eigenvalue weighted by Gasteiger charge is -2.15. The van der Waals surface area contributed by atoms with Crippen LogP contribution in [0.15, 0.2) is 18.2 Å². The highest BCUT2D eigenvalue weighted by molar-refractivity contribution is 8.00. The summed E-state index contributed by atoms with van der Waals surface area (Å²) in [5.74, 6) is 1.22. The van der Waals surface area contributed by atoms with Crippen LogP contribution in [0.3, 0.4) is 0 Å². The first-order valence-electron chi connectivity index (χ1n) is 4.79. The highest BCUT2D eigenvalue weighted by Crippen LogP contribution is 2.33. The molecule has 0 unspecified atom stereocenters.